The maximum Gasteiger partial charge on any atom is 0.339 e. The number of alkyl halides is 2. The highest BCUT2D eigenvalue weighted by molar-refractivity contribution is 6.52. The first-order chi connectivity index (χ1) is 5.68. The number of esters is 1. The number of carbonyl (C=O) groups is 1. The third-order valence-electron chi connectivity index (χ3n) is 1.42. The predicted octanol–water partition coefficient (Wildman–Crippen LogP) is 2.91. The highest BCUT2D eigenvalue weighted by atomic mass is 35.5. The molecule has 0 aliphatic rings. The van der Waals surface area contributed by atoms with Crippen molar-refractivity contribution in [3.8, 4) is 0 Å². The molecule has 72 valence electrons. The molecule has 0 rings (SSSR count). The Morgan fingerprint density at radius 3 is 2.50 bits per heavy atom. The van der Waals surface area contributed by atoms with Gasteiger partial charge in [0.15, 0.2) is 0 Å². The molecule has 0 heterocycles. The van der Waals surface area contributed by atoms with Gasteiger partial charge in [-0.1, -0.05) is 49.4 Å². The molecular weight excluding hydrogens is 199 g/mol. The van der Waals surface area contributed by atoms with E-state index >= 15 is 0 Å². The SMILES string of the molecule is CCCCCCOC(=O)C(Cl)Cl. The molecular formula is C8H14Cl2O2. The molecule has 2 nitrogen and oxygen atoms in total. The number of halogens is 2. The fraction of sp³-hybridized carbons (Fsp3) is 0.875. The lowest BCUT2D eigenvalue weighted by atomic mass is 10.2. The summed E-state index contributed by atoms with van der Waals surface area (Å²) in [5.74, 6) is -0.546. The minimum atomic E-state index is -1.05. The molecule has 0 atom stereocenters. The monoisotopic (exact) mass is 212 g/mol. The molecule has 0 unspecified atom stereocenters. The average Bonchev–Trinajstić information content (AvgIpc) is 2.03. The van der Waals surface area contributed by atoms with Crippen molar-refractivity contribution in [1.82, 2.24) is 0 Å². The normalized spacial score (nSPS) is 10.3. The first-order valence-corrected chi connectivity index (χ1v) is 5.00. The van der Waals surface area contributed by atoms with E-state index in [2.05, 4.69) is 6.92 Å². The molecule has 0 spiro atoms. The molecule has 0 aromatic rings. The van der Waals surface area contributed by atoms with Gasteiger partial charge < -0.3 is 4.74 Å². The molecule has 0 aromatic heterocycles. The van der Waals surface area contributed by atoms with Gasteiger partial charge in [-0.2, -0.15) is 0 Å². The zero-order valence-corrected chi connectivity index (χ0v) is 8.70. The predicted molar refractivity (Wildman–Crippen MR) is 50.6 cm³/mol. The van der Waals surface area contributed by atoms with Gasteiger partial charge >= 0.3 is 5.97 Å². The Hall–Kier alpha value is 0.0500. The number of unbranched alkanes of at least 4 members (excludes halogenated alkanes) is 3. The van der Waals surface area contributed by atoms with E-state index in [0.717, 1.165) is 12.8 Å². The number of ether oxygens (including phenoxy) is 1. The topological polar surface area (TPSA) is 26.3 Å². The van der Waals surface area contributed by atoms with Crippen molar-refractivity contribution < 1.29 is 9.53 Å². The Labute approximate surface area is 83.2 Å². The van der Waals surface area contributed by atoms with Gasteiger partial charge in [-0.3, -0.25) is 0 Å². The van der Waals surface area contributed by atoms with Crippen LogP contribution in [0.15, 0.2) is 0 Å². The van der Waals surface area contributed by atoms with E-state index in [4.69, 9.17) is 27.9 Å². The van der Waals surface area contributed by atoms with Gasteiger partial charge in [0.2, 0.25) is 4.84 Å². The summed E-state index contributed by atoms with van der Waals surface area (Å²) < 4.78 is 4.75. The zero-order chi connectivity index (χ0) is 9.40. The van der Waals surface area contributed by atoms with Gasteiger partial charge in [0, 0.05) is 0 Å². The fourth-order valence-electron chi connectivity index (χ4n) is 0.765. The Morgan fingerprint density at radius 1 is 1.33 bits per heavy atom. The Balaban J connectivity index is 3.14. The number of hydrogen-bond acceptors (Lipinski definition) is 2. The summed E-state index contributed by atoms with van der Waals surface area (Å²) in [5, 5.41) is 0. The van der Waals surface area contributed by atoms with Crippen LogP contribution in [0.2, 0.25) is 0 Å². The van der Waals surface area contributed by atoms with Crippen LogP contribution in [0.4, 0.5) is 0 Å². The maximum absolute atomic E-state index is 10.7. The fourth-order valence-corrected chi connectivity index (χ4v) is 0.891. The van der Waals surface area contributed by atoms with E-state index in [9.17, 15) is 4.79 Å². The summed E-state index contributed by atoms with van der Waals surface area (Å²) in [7, 11) is 0. The van der Waals surface area contributed by atoms with Crippen LogP contribution in [0.1, 0.15) is 32.6 Å². The number of hydrogen-bond donors (Lipinski definition) is 0. The lowest BCUT2D eigenvalue weighted by molar-refractivity contribution is -0.141. The van der Waals surface area contributed by atoms with Crippen LogP contribution in [0.25, 0.3) is 0 Å². The third kappa shape index (κ3) is 6.74. The van der Waals surface area contributed by atoms with E-state index < -0.39 is 10.8 Å². The second-order valence-electron chi connectivity index (χ2n) is 2.53. The van der Waals surface area contributed by atoms with E-state index in [1.165, 1.54) is 12.8 Å². The molecule has 12 heavy (non-hydrogen) atoms. The molecule has 0 bridgehead atoms. The van der Waals surface area contributed by atoms with E-state index in [0.29, 0.717) is 6.61 Å². The van der Waals surface area contributed by atoms with E-state index in [1.807, 2.05) is 0 Å². The van der Waals surface area contributed by atoms with E-state index in [1.54, 1.807) is 0 Å². The standard InChI is InChI=1S/C8H14Cl2O2/c1-2-3-4-5-6-12-8(11)7(9)10/h7H,2-6H2,1H3. The van der Waals surface area contributed by atoms with Crippen LogP contribution in [0.3, 0.4) is 0 Å². The second kappa shape index (κ2) is 7.69. The summed E-state index contributed by atoms with van der Waals surface area (Å²) in [5.41, 5.74) is 0. The lowest BCUT2D eigenvalue weighted by Gasteiger charge is -2.03. The lowest BCUT2D eigenvalue weighted by Crippen LogP contribution is -2.12. The Kier molecular flexibility index (Phi) is 7.72. The second-order valence-corrected chi connectivity index (χ2v) is 3.63. The summed E-state index contributed by atoms with van der Waals surface area (Å²) in [6, 6.07) is 0. The van der Waals surface area contributed by atoms with Gasteiger partial charge in [0.25, 0.3) is 0 Å². The van der Waals surface area contributed by atoms with Gasteiger partial charge in [0.05, 0.1) is 6.61 Å². The maximum atomic E-state index is 10.7. The van der Waals surface area contributed by atoms with Crippen molar-refractivity contribution in [2.75, 3.05) is 6.61 Å². The van der Waals surface area contributed by atoms with Crippen LogP contribution < -0.4 is 0 Å². The van der Waals surface area contributed by atoms with Crippen molar-refractivity contribution in [3.05, 3.63) is 0 Å². The largest absolute Gasteiger partial charge is 0.464 e. The van der Waals surface area contributed by atoms with Crippen LogP contribution in [-0.4, -0.2) is 17.4 Å². The van der Waals surface area contributed by atoms with Crippen LogP contribution in [-0.2, 0) is 9.53 Å². The Morgan fingerprint density at radius 2 is 2.00 bits per heavy atom. The van der Waals surface area contributed by atoms with Crippen molar-refractivity contribution in [1.29, 1.82) is 0 Å². The van der Waals surface area contributed by atoms with Gasteiger partial charge in [-0.25, -0.2) is 4.79 Å². The number of carbonyl (C=O) groups excluding carboxylic acids is 1. The Bertz CT molecular complexity index is 126. The average molecular weight is 213 g/mol. The van der Waals surface area contributed by atoms with E-state index in [-0.39, 0.29) is 0 Å². The molecule has 0 saturated heterocycles. The molecule has 0 aliphatic carbocycles. The minimum Gasteiger partial charge on any atom is -0.464 e. The van der Waals surface area contributed by atoms with Crippen LogP contribution >= 0.6 is 23.2 Å². The summed E-state index contributed by atoms with van der Waals surface area (Å²) >= 11 is 10.5. The summed E-state index contributed by atoms with van der Waals surface area (Å²) in [6.07, 6.45) is 4.31. The quantitative estimate of drug-likeness (QED) is 0.385. The first kappa shape index (κ1) is 12.0. The molecule has 0 aromatic carbocycles. The molecule has 0 saturated carbocycles. The molecule has 0 fully saturated rings. The number of rotatable bonds is 6. The van der Waals surface area contributed by atoms with Crippen molar-refractivity contribution >= 4 is 29.2 Å². The molecule has 0 amide bonds. The molecule has 0 aliphatic heterocycles. The summed E-state index contributed by atoms with van der Waals surface area (Å²) in [4.78, 5) is 9.64. The van der Waals surface area contributed by atoms with Crippen LogP contribution in [0, 0.1) is 0 Å². The minimum absolute atomic E-state index is 0.425. The highest BCUT2D eigenvalue weighted by Crippen LogP contribution is 2.05. The van der Waals surface area contributed by atoms with Crippen molar-refractivity contribution in [2.24, 2.45) is 0 Å². The first-order valence-electron chi connectivity index (χ1n) is 4.13. The van der Waals surface area contributed by atoms with Gasteiger partial charge in [0.1, 0.15) is 0 Å². The van der Waals surface area contributed by atoms with Crippen molar-refractivity contribution in [3.63, 3.8) is 0 Å². The van der Waals surface area contributed by atoms with Crippen molar-refractivity contribution in [2.45, 2.75) is 37.4 Å². The smallest absolute Gasteiger partial charge is 0.339 e. The third-order valence-corrected chi connectivity index (χ3v) is 1.78. The zero-order valence-electron chi connectivity index (χ0n) is 7.19. The van der Waals surface area contributed by atoms with Gasteiger partial charge in [-0.15, -0.1) is 0 Å². The summed E-state index contributed by atoms with van der Waals surface area (Å²) in [6.45, 7) is 2.55. The molecule has 0 N–H and O–H groups in total. The molecule has 4 heteroatoms. The molecule has 0 radical (unpaired) electrons. The van der Waals surface area contributed by atoms with Gasteiger partial charge in [-0.05, 0) is 6.42 Å². The van der Waals surface area contributed by atoms with Crippen LogP contribution in [0.5, 0.6) is 0 Å². The highest BCUT2D eigenvalue weighted by Gasteiger charge is 2.11.